The molecule has 1 aromatic carbocycles. The van der Waals surface area contributed by atoms with Crippen molar-refractivity contribution in [2.45, 2.75) is 18.8 Å². The maximum Gasteiger partial charge on any atom is 0.282 e. The minimum absolute atomic E-state index is 0.0480. The van der Waals surface area contributed by atoms with Crippen molar-refractivity contribution in [2.75, 3.05) is 13.1 Å². The van der Waals surface area contributed by atoms with Crippen LogP contribution in [0.2, 0.25) is 0 Å². The van der Waals surface area contributed by atoms with Crippen molar-refractivity contribution >= 4 is 27.5 Å². The fourth-order valence-corrected chi connectivity index (χ4v) is 4.09. The second-order valence-corrected chi connectivity index (χ2v) is 7.02. The van der Waals surface area contributed by atoms with Gasteiger partial charge >= 0.3 is 0 Å². The standard InChI is InChI=1S/C17H18N4OS/c1-20-10-8-13(19-20)12-5-4-9-21(11-12)17(22)16-18-14-6-2-3-7-15(14)23-16/h2-3,6-8,10,12H,4-5,9,11H2,1H3/t12-/m0/s1. The van der Waals surface area contributed by atoms with E-state index in [4.69, 9.17) is 0 Å². The van der Waals surface area contributed by atoms with Crippen molar-refractivity contribution in [2.24, 2.45) is 7.05 Å². The molecule has 1 amide bonds. The molecule has 4 rings (SSSR count). The van der Waals surface area contributed by atoms with Gasteiger partial charge in [0.1, 0.15) is 0 Å². The first-order valence-corrected chi connectivity index (χ1v) is 8.67. The van der Waals surface area contributed by atoms with E-state index in [1.807, 2.05) is 47.1 Å². The molecule has 1 fully saturated rings. The number of thiazole rings is 1. The molecule has 0 N–H and O–H groups in total. The van der Waals surface area contributed by atoms with Gasteiger partial charge < -0.3 is 4.90 Å². The van der Waals surface area contributed by atoms with Crippen LogP contribution < -0.4 is 0 Å². The lowest BCUT2D eigenvalue weighted by Crippen LogP contribution is -2.39. The Kier molecular flexibility index (Phi) is 3.61. The monoisotopic (exact) mass is 326 g/mol. The van der Waals surface area contributed by atoms with Crippen molar-refractivity contribution in [3.63, 3.8) is 0 Å². The normalized spacial score (nSPS) is 18.5. The lowest BCUT2D eigenvalue weighted by molar-refractivity contribution is 0.0705. The highest BCUT2D eigenvalue weighted by atomic mass is 32.1. The molecule has 5 nitrogen and oxygen atoms in total. The van der Waals surface area contributed by atoms with Crippen LogP contribution >= 0.6 is 11.3 Å². The molecule has 1 aliphatic heterocycles. The number of nitrogens with zero attached hydrogens (tertiary/aromatic N) is 4. The average molecular weight is 326 g/mol. The predicted molar refractivity (Wildman–Crippen MR) is 90.7 cm³/mol. The van der Waals surface area contributed by atoms with Gasteiger partial charge in [-0.15, -0.1) is 11.3 Å². The molecule has 1 aliphatic rings. The Labute approximate surface area is 138 Å². The van der Waals surface area contributed by atoms with Crippen molar-refractivity contribution in [3.8, 4) is 0 Å². The van der Waals surface area contributed by atoms with Crippen molar-refractivity contribution < 1.29 is 4.79 Å². The van der Waals surface area contributed by atoms with Crippen molar-refractivity contribution in [1.29, 1.82) is 0 Å². The summed E-state index contributed by atoms with van der Waals surface area (Å²) in [5, 5.41) is 5.09. The Morgan fingerprint density at radius 1 is 1.30 bits per heavy atom. The maximum atomic E-state index is 12.8. The second kappa shape index (κ2) is 5.77. The number of hydrogen-bond donors (Lipinski definition) is 0. The third-order valence-corrected chi connectivity index (χ3v) is 5.36. The lowest BCUT2D eigenvalue weighted by atomic mass is 9.95. The molecule has 6 heteroatoms. The number of carbonyl (C=O) groups is 1. The van der Waals surface area contributed by atoms with Crippen LogP contribution in [0, 0.1) is 0 Å². The number of likely N-dealkylation sites (tertiary alicyclic amines) is 1. The Morgan fingerprint density at radius 2 is 2.17 bits per heavy atom. The lowest BCUT2D eigenvalue weighted by Gasteiger charge is -2.31. The summed E-state index contributed by atoms with van der Waals surface area (Å²) < 4.78 is 2.89. The van der Waals surface area contributed by atoms with Gasteiger partial charge in [0.25, 0.3) is 5.91 Å². The minimum Gasteiger partial charge on any atom is -0.336 e. The zero-order valence-electron chi connectivity index (χ0n) is 13.0. The smallest absolute Gasteiger partial charge is 0.282 e. The number of amides is 1. The van der Waals surface area contributed by atoms with E-state index >= 15 is 0 Å². The first-order chi connectivity index (χ1) is 11.2. The summed E-state index contributed by atoms with van der Waals surface area (Å²) in [6.45, 7) is 1.53. The Balaban J connectivity index is 1.55. The minimum atomic E-state index is 0.0480. The number of carbonyl (C=O) groups excluding carboxylic acids is 1. The number of benzene rings is 1. The highest BCUT2D eigenvalue weighted by Crippen LogP contribution is 2.28. The van der Waals surface area contributed by atoms with E-state index in [0.717, 1.165) is 41.8 Å². The maximum absolute atomic E-state index is 12.8. The van der Waals surface area contributed by atoms with E-state index in [1.165, 1.54) is 11.3 Å². The fraction of sp³-hybridized carbons (Fsp3) is 0.353. The van der Waals surface area contributed by atoms with Crippen molar-refractivity contribution in [1.82, 2.24) is 19.7 Å². The molecule has 0 spiro atoms. The van der Waals surface area contributed by atoms with Gasteiger partial charge in [-0.1, -0.05) is 12.1 Å². The molecular formula is C17H18N4OS. The Morgan fingerprint density at radius 3 is 2.96 bits per heavy atom. The Hall–Kier alpha value is -2.21. The summed E-state index contributed by atoms with van der Waals surface area (Å²) in [5.74, 6) is 0.370. The SMILES string of the molecule is Cn1ccc([C@H]2CCCN(C(=O)c3nc4ccccc4s3)C2)n1. The van der Waals surface area contributed by atoms with Gasteiger partial charge in [-0.25, -0.2) is 4.98 Å². The van der Waals surface area contributed by atoms with Gasteiger partial charge in [-0.2, -0.15) is 5.10 Å². The molecule has 2 aromatic heterocycles. The molecule has 0 unspecified atom stereocenters. The van der Waals surface area contributed by atoms with Gasteiger partial charge in [0.05, 0.1) is 15.9 Å². The number of piperidine rings is 1. The van der Waals surface area contributed by atoms with Crippen LogP contribution in [0.3, 0.4) is 0 Å². The summed E-state index contributed by atoms with van der Waals surface area (Å²) >= 11 is 1.48. The van der Waals surface area contributed by atoms with Crippen LogP contribution in [0.4, 0.5) is 0 Å². The first-order valence-electron chi connectivity index (χ1n) is 7.85. The molecule has 1 atom stereocenters. The van der Waals surface area contributed by atoms with E-state index in [9.17, 15) is 4.79 Å². The second-order valence-electron chi connectivity index (χ2n) is 5.99. The largest absolute Gasteiger partial charge is 0.336 e. The highest BCUT2D eigenvalue weighted by Gasteiger charge is 2.28. The highest BCUT2D eigenvalue weighted by molar-refractivity contribution is 7.20. The number of para-hydroxylation sites is 1. The van der Waals surface area contributed by atoms with Crippen LogP contribution in [0.5, 0.6) is 0 Å². The third-order valence-electron chi connectivity index (χ3n) is 4.34. The molecule has 3 heterocycles. The number of aromatic nitrogens is 3. The van der Waals surface area contributed by atoms with Gasteiger partial charge in [0.15, 0.2) is 5.01 Å². The first kappa shape index (κ1) is 14.4. The fourth-order valence-electron chi connectivity index (χ4n) is 3.15. The molecule has 0 aliphatic carbocycles. The van der Waals surface area contributed by atoms with E-state index in [2.05, 4.69) is 16.1 Å². The van der Waals surface area contributed by atoms with Gasteiger partial charge in [-0.3, -0.25) is 9.48 Å². The molecule has 0 radical (unpaired) electrons. The molecule has 118 valence electrons. The van der Waals surface area contributed by atoms with Crippen LogP contribution in [-0.2, 0) is 7.05 Å². The van der Waals surface area contributed by atoms with E-state index in [-0.39, 0.29) is 5.91 Å². The number of fused-ring (bicyclic) bond motifs is 1. The van der Waals surface area contributed by atoms with Gasteiger partial charge in [0, 0.05) is 32.3 Å². The Bertz CT molecular complexity index is 820. The summed E-state index contributed by atoms with van der Waals surface area (Å²) in [6.07, 6.45) is 4.06. The quantitative estimate of drug-likeness (QED) is 0.727. The van der Waals surface area contributed by atoms with Crippen molar-refractivity contribution in [3.05, 3.63) is 47.2 Å². The topological polar surface area (TPSA) is 51.0 Å². The van der Waals surface area contributed by atoms with Crippen LogP contribution in [0.1, 0.15) is 34.3 Å². The summed E-state index contributed by atoms with van der Waals surface area (Å²) in [7, 11) is 1.93. The molecular weight excluding hydrogens is 308 g/mol. The van der Waals surface area contributed by atoms with Gasteiger partial charge in [0.2, 0.25) is 0 Å². The zero-order valence-corrected chi connectivity index (χ0v) is 13.8. The molecule has 3 aromatic rings. The third kappa shape index (κ3) is 2.74. The number of rotatable bonds is 2. The van der Waals surface area contributed by atoms with E-state index in [0.29, 0.717) is 10.9 Å². The van der Waals surface area contributed by atoms with Crippen LogP contribution in [0.25, 0.3) is 10.2 Å². The number of aryl methyl sites for hydroxylation is 1. The van der Waals surface area contributed by atoms with Crippen LogP contribution in [0.15, 0.2) is 36.5 Å². The molecule has 0 bridgehead atoms. The van der Waals surface area contributed by atoms with E-state index in [1.54, 1.807) is 0 Å². The van der Waals surface area contributed by atoms with Gasteiger partial charge in [-0.05, 0) is 31.0 Å². The molecule has 0 saturated carbocycles. The summed E-state index contributed by atoms with van der Waals surface area (Å²) in [6, 6.07) is 9.95. The van der Waals surface area contributed by atoms with Crippen LogP contribution in [-0.4, -0.2) is 38.7 Å². The summed E-state index contributed by atoms with van der Waals surface area (Å²) in [5.41, 5.74) is 1.98. The molecule has 23 heavy (non-hydrogen) atoms. The number of hydrogen-bond acceptors (Lipinski definition) is 4. The predicted octanol–water partition coefficient (Wildman–Crippen LogP) is 3.05. The average Bonchev–Trinajstić information content (AvgIpc) is 3.20. The molecule has 1 saturated heterocycles. The summed E-state index contributed by atoms with van der Waals surface area (Å²) in [4.78, 5) is 19.2. The zero-order chi connectivity index (χ0) is 15.8. The van der Waals surface area contributed by atoms with E-state index < -0.39 is 0 Å².